The minimum Gasteiger partial charge on any atom is -1.00 e. The van der Waals surface area contributed by atoms with E-state index in [9.17, 15) is 25.3 Å². The maximum absolute atomic E-state index is 13.9. The zero-order valence-corrected chi connectivity index (χ0v) is 45.0. The predicted molar refractivity (Wildman–Crippen MR) is 259 cm³/mol. The third-order valence-corrected chi connectivity index (χ3v) is 16.2. The van der Waals surface area contributed by atoms with Crippen molar-refractivity contribution in [3.8, 4) is 0 Å². The number of hydrogen-bond donors (Lipinski definition) is 3. The van der Waals surface area contributed by atoms with E-state index in [1.54, 1.807) is 72.8 Å². The van der Waals surface area contributed by atoms with E-state index in [0.717, 1.165) is 12.9 Å². The van der Waals surface area contributed by atoms with Gasteiger partial charge in [0, 0.05) is 52.0 Å². The van der Waals surface area contributed by atoms with Crippen LogP contribution in [-0.2, 0) is 72.4 Å². The SMILES string of the molecule is Cn1cc[n+](C)c1N=Nc1ccc(NCCS(=O)(=O)N2CN(S(=O)(=O)CCNc3ccc(N=Nc4n(C)cc[n+]4C)cc3)CN(S(=O)(=O)CCNc3ccc(N=Nc4n(C)cc[n+]4C)cc3)C2)cc1.[Cl-].[Cl-].[Cl-]. The molecule has 24 nitrogen and oxygen atoms in total. The Morgan fingerprint density at radius 1 is 0.417 bits per heavy atom. The van der Waals surface area contributed by atoms with E-state index in [4.69, 9.17) is 0 Å². The number of anilines is 3. The van der Waals surface area contributed by atoms with Gasteiger partial charge in [-0.25, -0.2) is 52.7 Å². The second-order valence-electron chi connectivity index (χ2n) is 16.2. The summed E-state index contributed by atoms with van der Waals surface area (Å²) < 4.78 is 97.2. The minimum absolute atomic E-state index is 0. The highest BCUT2D eigenvalue weighted by atomic mass is 35.5. The molecule has 0 spiro atoms. The van der Waals surface area contributed by atoms with Crippen molar-refractivity contribution in [3.05, 3.63) is 110 Å². The van der Waals surface area contributed by atoms with Gasteiger partial charge in [0.25, 0.3) is 0 Å². The van der Waals surface area contributed by atoms with E-state index < -0.39 is 67.3 Å². The Morgan fingerprint density at radius 2 is 0.653 bits per heavy atom. The van der Waals surface area contributed by atoms with Crippen LogP contribution in [0.4, 0.5) is 52.0 Å². The number of rotatable bonds is 21. The lowest BCUT2D eigenvalue weighted by molar-refractivity contribution is -0.657. The highest BCUT2D eigenvalue weighted by molar-refractivity contribution is 7.90. The Balaban J connectivity index is 0.00000375. The Labute approximate surface area is 438 Å². The summed E-state index contributed by atoms with van der Waals surface area (Å²) in [6.07, 6.45) is 11.2. The molecule has 390 valence electrons. The number of azo groups is 3. The van der Waals surface area contributed by atoms with E-state index in [1.165, 1.54) is 0 Å². The van der Waals surface area contributed by atoms with E-state index in [0.29, 0.717) is 52.0 Å². The molecule has 7 rings (SSSR count). The van der Waals surface area contributed by atoms with Gasteiger partial charge in [-0.2, -0.15) is 12.9 Å². The first-order valence-corrected chi connectivity index (χ1v) is 26.4. The van der Waals surface area contributed by atoms with Gasteiger partial charge in [0.1, 0.15) is 17.1 Å². The molecule has 1 aliphatic rings. The number of nitrogens with one attached hydrogen (secondary N) is 3. The standard InChI is InChI=1S/C42H54N18O6S3.3ClH/c1-52-22-23-53(2)40(52)49-46-37-13-7-34(8-14-37)43-19-28-67(61,62)58-31-59(68(63,64)29-20-44-35-9-15-38(16-10-35)47-50-41-54(3)24-25-55(41)4)33-60(32-58)69(65,66)30-21-45-36-11-17-39(18-12-36)48-51-42-56(5)26-27-57(42)6;;;/h7-18,22-27H,19-21,28-33H2,1-6H3;3*1H. The summed E-state index contributed by atoms with van der Waals surface area (Å²) in [4.78, 5) is 0. The fourth-order valence-corrected chi connectivity index (χ4v) is 10.9. The van der Waals surface area contributed by atoms with Crippen LogP contribution in [0.15, 0.2) is 141 Å². The molecule has 1 saturated heterocycles. The van der Waals surface area contributed by atoms with Crippen molar-refractivity contribution in [2.75, 3.05) is 72.8 Å². The van der Waals surface area contributed by atoms with Crippen LogP contribution in [0.5, 0.6) is 0 Å². The molecule has 0 unspecified atom stereocenters. The second kappa shape index (κ2) is 25.7. The molecule has 3 aromatic carbocycles. The summed E-state index contributed by atoms with van der Waals surface area (Å²) in [5.41, 5.74) is 3.58. The topological polar surface area (TPSA) is 249 Å². The average molecular weight is 1110 g/mol. The van der Waals surface area contributed by atoms with Crippen molar-refractivity contribution in [2.24, 2.45) is 73.0 Å². The van der Waals surface area contributed by atoms with Gasteiger partial charge in [-0.05, 0) is 72.8 Å². The summed E-state index contributed by atoms with van der Waals surface area (Å²) in [5.74, 6) is 0.562. The number of sulfonamides is 3. The molecule has 72 heavy (non-hydrogen) atoms. The molecular weight excluding hydrogens is 1060 g/mol. The average Bonchev–Trinajstić information content (AvgIpc) is 3.95. The van der Waals surface area contributed by atoms with E-state index in [-0.39, 0.29) is 56.9 Å². The van der Waals surface area contributed by atoms with Crippen molar-refractivity contribution in [3.63, 3.8) is 0 Å². The van der Waals surface area contributed by atoms with Crippen LogP contribution in [0.3, 0.4) is 0 Å². The highest BCUT2D eigenvalue weighted by Gasteiger charge is 2.40. The normalized spacial score (nSPS) is 14.1. The van der Waals surface area contributed by atoms with Crippen molar-refractivity contribution < 1.29 is 76.2 Å². The number of aromatic nitrogens is 6. The Morgan fingerprint density at radius 3 is 0.861 bits per heavy atom. The quantitative estimate of drug-likeness (QED) is 0.0460. The second-order valence-corrected chi connectivity index (χ2v) is 22.5. The fourth-order valence-electron chi connectivity index (χ4n) is 6.96. The number of halogens is 3. The Hall–Kier alpha value is -5.91. The molecule has 30 heteroatoms. The van der Waals surface area contributed by atoms with Gasteiger partial charge in [-0.1, -0.05) is 15.3 Å². The Bertz CT molecular complexity index is 2770. The van der Waals surface area contributed by atoms with Gasteiger partial charge in [0.05, 0.1) is 117 Å². The highest BCUT2D eigenvalue weighted by Crippen LogP contribution is 2.24. The number of hydrogen-bond acceptors (Lipinski definition) is 15. The van der Waals surface area contributed by atoms with Crippen LogP contribution in [-0.4, -0.2) is 109 Å². The lowest BCUT2D eigenvalue weighted by atomic mass is 10.3. The fraction of sp³-hybridized carbons (Fsp3) is 0.357. The van der Waals surface area contributed by atoms with Crippen molar-refractivity contribution >= 4 is 82.0 Å². The van der Waals surface area contributed by atoms with Gasteiger partial charge < -0.3 is 53.2 Å². The maximum Gasteiger partial charge on any atom is 0.421 e. The summed E-state index contributed by atoms with van der Waals surface area (Å²) >= 11 is 0. The van der Waals surface area contributed by atoms with Gasteiger partial charge in [0.15, 0.2) is 0 Å². The first-order chi connectivity index (χ1) is 32.9. The molecule has 0 saturated carbocycles. The van der Waals surface area contributed by atoms with Crippen LogP contribution in [0.1, 0.15) is 0 Å². The van der Waals surface area contributed by atoms with Crippen molar-refractivity contribution in [1.29, 1.82) is 0 Å². The molecule has 3 aromatic heterocycles. The third-order valence-electron chi connectivity index (χ3n) is 11.0. The minimum atomic E-state index is -4.22. The van der Waals surface area contributed by atoms with Gasteiger partial charge >= 0.3 is 17.8 Å². The van der Waals surface area contributed by atoms with E-state index in [1.807, 2.05) is 107 Å². The van der Waals surface area contributed by atoms with Crippen LogP contribution >= 0.6 is 0 Å². The third kappa shape index (κ3) is 15.3. The zero-order chi connectivity index (χ0) is 49.3. The number of aryl methyl sites for hydroxylation is 6. The summed E-state index contributed by atoms with van der Waals surface area (Å²) in [5, 5.41) is 34.9. The molecule has 0 radical (unpaired) electrons. The lowest BCUT2D eigenvalue weighted by Crippen LogP contribution is -3.00. The van der Waals surface area contributed by atoms with Crippen LogP contribution < -0.4 is 66.9 Å². The number of nitrogens with zero attached hydrogens (tertiary/aromatic N) is 15. The van der Waals surface area contributed by atoms with Gasteiger partial charge in [-0.3, -0.25) is 0 Å². The van der Waals surface area contributed by atoms with Gasteiger partial charge in [0.2, 0.25) is 30.1 Å². The summed E-state index contributed by atoms with van der Waals surface area (Å²) in [7, 11) is -1.52. The maximum atomic E-state index is 13.9. The molecule has 1 fully saturated rings. The largest absolute Gasteiger partial charge is 1.00 e. The van der Waals surface area contributed by atoms with E-state index in [2.05, 4.69) is 46.6 Å². The molecule has 3 N–H and O–H groups in total. The predicted octanol–water partition coefficient (Wildman–Crippen LogP) is -5.15. The number of benzene rings is 3. The van der Waals surface area contributed by atoms with Crippen LogP contribution in [0.2, 0.25) is 0 Å². The van der Waals surface area contributed by atoms with Gasteiger partial charge in [-0.15, -0.1) is 0 Å². The molecule has 1 aliphatic heterocycles. The first-order valence-electron chi connectivity index (χ1n) is 21.6. The molecule has 0 aliphatic carbocycles. The summed E-state index contributed by atoms with van der Waals surface area (Å²) in [6, 6.07) is 20.8. The monoisotopic (exact) mass is 1110 g/mol. The zero-order valence-electron chi connectivity index (χ0n) is 40.3. The van der Waals surface area contributed by atoms with Crippen LogP contribution in [0.25, 0.3) is 0 Å². The molecule has 0 amide bonds. The number of imidazole rings is 3. The van der Waals surface area contributed by atoms with Crippen molar-refractivity contribution in [1.82, 2.24) is 26.6 Å². The van der Waals surface area contributed by atoms with Crippen molar-refractivity contribution in [2.45, 2.75) is 0 Å². The molecule has 4 heterocycles. The molecule has 0 bridgehead atoms. The summed E-state index contributed by atoms with van der Waals surface area (Å²) in [6.45, 7) is -1.87. The molecule has 0 atom stereocenters. The van der Waals surface area contributed by atoms with E-state index >= 15 is 0 Å². The molecule has 6 aromatic rings. The van der Waals surface area contributed by atoms with Crippen LogP contribution in [0, 0.1) is 0 Å². The molecular formula is C42H57Cl3N18O6S3. The lowest BCUT2D eigenvalue weighted by Gasteiger charge is -2.40. The Kier molecular flexibility index (Phi) is 20.9. The first kappa shape index (κ1) is 58.7. The smallest absolute Gasteiger partial charge is 0.421 e.